The van der Waals surface area contributed by atoms with Crippen LogP contribution in [0.2, 0.25) is 0 Å². The highest BCUT2D eigenvalue weighted by Gasteiger charge is 2.32. The van der Waals surface area contributed by atoms with E-state index in [9.17, 15) is 19.7 Å². The molecule has 1 aromatic heterocycles. The van der Waals surface area contributed by atoms with E-state index < -0.39 is 16.9 Å². The van der Waals surface area contributed by atoms with E-state index >= 15 is 0 Å². The van der Waals surface area contributed by atoms with Gasteiger partial charge in [0.2, 0.25) is 12.2 Å². The molecule has 0 aliphatic carbocycles. The molecule has 10 nitrogen and oxygen atoms in total. The Labute approximate surface area is 119 Å². The molecule has 1 aliphatic heterocycles. The summed E-state index contributed by atoms with van der Waals surface area (Å²) in [5.74, 6) is -1.74. The number of morpholine rings is 1. The highest BCUT2D eigenvalue weighted by atomic mass is 16.6. The smallest absolute Gasteiger partial charge is 0.381 e. The maximum atomic E-state index is 12.1. The number of carbonyl (C=O) groups is 2. The third-order valence-electron chi connectivity index (χ3n) is 3.12. The van der Waals surface area contributed by atoms with Crippen molar-refractivity contribution in [3.63, 3.8) is 0 Å². The zero-order valence-corrected chi connectivity index (χ0v) is 11.0. The molecule has 2 rings (SSSR count). The third-order valence-corrected chi connectivity index (χ3v) is 3.12. The molecular formula is C11H14N4O6. The topological polar surface area (TPSA) is 128 Å². The molecule has 1 saturated heterocycles. The van der Waals surface area contributed by atoms with Crippen molar-refractivity contribution >= 4 is 17.7 Å². The van der Waals surface area contributed by atoms with Crippen molar-refractivity contribution in [3.05, 3.63) is 22.6 Å². The van der Waals surface area contributed by atoms with Gasteiger partial charge < -0.3 is 29.4 Å². The number of amides is 1. The van der Waals surface area contributed by atoms with Gasteiger partial charge in [-0.05, 0) is 9.91 Å². The fourth-order valence-electron chi connectivity index (χ4n) is 2.04. The SMILES string of the molecule is O=C(O)C1COCCN1C(=O)CCn1cnc([N+](=O)[O-])c1. The lowest BCUT2D eigenvalue weighted by Gasteiger charge is -2.32. The molecule has 1 aromatic rings. The molecule has 1 amide bonds. The number of nitro groups is 1. The van der Waals surface area contributed by atoms with Crippen LogP contribution in [0.25, 0.3) is 0 Å². The molecule has 2 heterocycles. The Bertz CT molecular complexity index is 557. The summed E-state index contributed by atoms with van der Waals surface area (Å²) >= 11 is 0. The normalized spacial score (nSPS) is 18.5. The van der Waals surface area contributed by atoms with E-state index in [0.717, 1.165) is 0 Å². The molecule has 21 heavy (non-hydrogen) atoms. The summed E-state index contributed by atoms with van der Waals surface area (Å²) in [7, 11) is 0. The maximum absolute atomic E-state index is 12.1. The summed E-state index contributed by atoms with van der Waals surface area (Å²) in [5, 5.41) is 19.5. The monoisotopic (exact) mass is 298 g/mol. The predicted octanol–water partition coefficient (Wildman–Crippen LogP) is -0.507. The van der Waals surface area contributed by atoms with E-state index in [4.69, 9.17) is 9.84 Å². The van der Waals surface area contributed by atoms with Crippen molar-refractivity contribution in [2.75, 3.05) is 19.8 Å². The van der Waals surface area contributed by atoms with E-state index in [1.807, 2.05) is 0 Å². The Morgan fingerprint density at radius 2 is 2.33 bits per heavy atom. The van der Waals surface area contributed by atoms with Gasteiger partial charge in [0.1, 0.15) is 6.20 Å². The van der Waals surface area contributed by atoms with Gasteiger partial charge in [-0.1, -0.05) is 0 Å². The summed E-state index contributed by atoms with van der Waals surface area (Å²) in [6.45, 7) is 0.687. The van der Waals surface area contributed by atoms with Crippen LogP contribution in [0.3, 0.4) is 0 Å². The van der Waals surface area contributed by atoms with Crippen molar-refractivity contribution in [1.29, 1.82) is 0 Å². The molecule has 114 valence electrons. The molecule has 1 aliphatic rings. The molecule has 1 unspecified atom stereocenters. The van der Waals surface area contributed by atoms with Crippen molar-refractivity contribution in [1.82, 2.24) is 14.5 Å². The average molecular weight is 298 g/mol. The highest BCUT2D eigenvalue weighted by Crippen LogP contribution is 2.11. The first-order valence-electron chi connectivity index (χ1n) is 6.25. The minimum atomic E-state index is -1.11. The van der Waals surface area contributed by atoms with E-state index in [2.05, 4.69) is 4.98 Å². The number of hydrogen-bond donors (Lipinski definition) is 1. The van der Waals surface area contributed by atoms with Crippen LogP contribution in [0.15, 0.2) is 12.5 Å². The van der Waals surface area contributed by atoms with Crippen molar-refractivity contribution < 1.29 is 24.4 Å². The fourth-order valence-corrected chi connectivity index (χ4v) is 2.04. The summed E-state index contributed by atoms with van der Waals surface area (Å²) in [4.78, 5) is 37.8. The second kappa shape index (κ2) is 6.31. The number of hydrogen-bond acceptors (Lipinski definition) is 6. The van der Waals surface area contributed by atoms with Gasteiger partial charge >= 0.3 is 11.8 Å². The molecule has 1 fully saturated rings. The second-order valence-electron chi connectivity index (χ2n) is 4.49. The number of carboxylic acids is 1. The Hall–Kier alpha value is -2.49. The molecule has 1 atom stereocenters. The molecule has 0 saturated carbocycles. The Balaban J connectivity index is 1.93. The summed E-state index contributed by atoms with van der Waals surface area (Å²) in [6.07, 6.45) is 2.53. The average Bonchev–Trinajstić information content (AvgIpc) is 2.94. The van der Waals surface area contributed by atoms with Crippen LogP contribution in [0, 0.1) is 10.1 Å². The predicted molar refractivity (Wildman–Crippen MR) is 67.5 cm³/mol. The van der Waals surface area contributed by atoms with E-state index in [1.165, 1.54) is 22.0 Å². The van der Waals surface area contributed by atoms with Crippen molar-refractivity contribution in [3.8, 4) is 0 Å². The minimum Gasteiger partial charge on any atom is -0.480 e. The lowest BCUT2D eigenvalue weighted by molar-refractivity contribution is -0.389. The third kappa shape index (κ3) is 3.54. The lowest BCUT2D eigenvalue weighted by Crippen LogP contribution is -2.52. The largest absolute Gasteiger partial charge is 0.480 e. The number of aliphatic carboxylic acids is 1. The zero-order chi connectivity index (χ0) is 15.4. The molecule has 0 bridgehead atoms. The van der Waals surface area contributed by atoms with Crippen LogP contribution < -0.4 is 0 Å². The minimum absolute atomic E-state index is 0.0301. The Kier molecular flexibility index (Phi) is 4.48. The number of imidazole rings is 1. The van der Waals surface area contributed by atoms with Gasteiger partial charge in [0.05, 0.1) is 13.2 Å². The first kappa shape index (κ1) is 14.9. The van der Waals surface area contributed by atoms with Gasteiger partial charge in [-0.15, -0.1) is 0 Å². The maximum Gasteiger partial charge on any atom is 0.381 e. The van der Waals surface area contributed by atoms with Gasteiger partial charge in [0.15, 0.2) is 6.04 Å². The van der Waals surface area contributed by atoms with Gasteiger partial charge in [-0.3, -0.25) is 4.79 Å². The molecule has 0 radical (unpaired) electrons. The highest BCUT2D eigenvalue weighted by molar-refractivity contribution is 5.83. The summed E-state index contributed by atoms with van der Waals surface area (Å²) in [6, 6.07) is -0.983. The number of aryl methyl sites for hydroxylation is 1. The van der Waals surface area contributed by atoms with Crippen molar-refractivity contribution in [2.24, 2.45) is 0 Å². The number of ether oxygens (including phenoxy) is 1. The van der Waals surface area contributed by atoms with Crippen LogP contribution in [0.4, 0.5) is 5.82 Å². The molecular weight excluding hydrogens is 284 g/mol. The molecule has 0 aromatic carbocycles. The first-order chi connectivity index (χ1) is 9.99. The van der Waals surface area contributed by atoms with Crippen LogP contribution in [-0.4, -0.2) is 62.2 Å². The van der Waals surface area contributed by atoms with Gasteiger partial charge in [0, 0.05) is 19.5 Å². The Morgan fingerprint density at radius 1 is 1.57 bits per heavy atom. The van der Waals surface area contributed by atoms with Crippen LogP contribution in [0.5, 0.6) is 0 Å². The van der Waals surface area contributed by atoms with Gasteiger partial charge in [-0.25, -0.2) is 4.79 Å². The molecule has 10 heteroatoms. The van der Waals surface area contributed by atoms with Crippen LogP contribution >= 0.6 is 0 Å². The number of nitrogens with zero attached hydrogens (tertiary/aromatic N) is 4. The van der Waals surface area contributed by atoms with Crippen molar-refractivity contribution in [2.45, 2.75) is 19.0 Å². The number of aromatic nitrogens is 2. The number of carbonyl (C=O) groups excluding carboxylic acids is 1. The second-order valence-corrected chi connectivity index (χ2v) is 4.49. The quantitative estimate of drug-likeness (QED) is 0.572. The molecule has 1 N–H and O–H groups in total. The Morgan fingerprint density at radius 3 is 2.95 bits per heavy atom. The number of rotatable bonds is 5. The van der Waals surface area contributed by atoms with E-state index in [1.54, 1.807) is 0 Å². The summed E-state index contributed by atoms with van der Waals surface area (Å²) < 4.78 is 6.47. The van der Waals surface area contributed by atoms with Crippen LogP contribution in [-0.2, 0) is 20.9 Å². The van der Waals surface area contributed by atoms with Crippen LogP contribution in [0.1, 0.15) is 6.42 Å². The lowest BCUT2D eigenvalue weighted by atomic mass is 10.2. The van der Waals surface area contributed by atoms with Gasteiger partial charge in [0.25, 0.3) is 0 Å². The fraction of sp³-hybridized carbons (Fsp3) is 0.545. The first-order valence-corrected chi connectivity index (χ1v) is 6.25. The number of carboxylic acid groups (broad SMARTS) is 1. The summed E-state index contributed by atoms with van der Waals surface area (Å²) in [5.41, 5.74) is 0. The zero-order valence-electron chi connectivity index (χ0n) is 11.0. The van der Waals surface area contributed by atoms with E-state index in [-0.39, 0.29) is 37.8 Å². The molecule has 0 spiro atoms. The van der Waals surface area contributed by atoms with E-state index in [0.29, 0.717) is 6.61 Å². The van der Waals surface area contributed by atoms with Gasteiger partial charge in [-0.2, -0.15) is 0 Å². The standard InChI is InChI=1S/C11H14N4O6/c16-10(14-3-4-21-6-8(14)11(17)18)1-2-13-5-9(12-7-13)15(19)20/h5,7-8H,1-4,6H2,(H,17,18).